The normalized spacial score (nSPS) is 13.6. The molecule has 8 nitrogen and oxygen atoms in total. The van der Waals surface area contributed by atoms with Crippen LogP contribution in [-0.4, -0.2) is 51.4 Å². The van der Waals surface area contributed by atoms with Crippen molar-refractivity contribution in [3.8, 4) is 0 Å². The van der Waals surface area contributed by atoms with E-state index < -0.39 is 0 Å². The maximum atomic E-state index is 11.6. The van der Waals surface area contributed by atoms with Gasteiger partial charge in [-0.2, -0.15) is 0 Å². The Morgan fingerprint density at radius 3 is 2.03 bits per heavy atom. The van der Waals surface area contributed by atoms with Crippen LogP contribution in [0.15, 0.2) is 157 Å². The fourth-order valence-corrected chi connectivity index (χ4v) is 7.03. The second kappa shape index (κ2) is 22.1. The Kier molecular flexibility index (Phi) is 16.5. The minimum absolute atomic E-state index is 0. The molecule has 0 amide bonds. The first kappa shape index (κ1) is 43.2. The van der Waals surface area contributed by atoms with Crippen LogP contribution >= 0.6 is 0 Å². The van der Waals surface area contributed by atoms with Crippen molar-refractivity contribution in [2.45, 2.75) is 64.6 Å². The molecule has 302 valence electrons. The van der Waals surface area contributed by atoms with E-state index in [0.717, 1.165) is 48.4 Å². The molecule has 7 aromatic rings. The monoisotopic (exact) mass is 778 g/mol. The van der Waals surface area contributed by atoms with E-state index in [1.54, 1.807) is 0 Å². The van der Waals surface area contributed by atoms with Gasteiger partial charge in [0.2, 0.25) is 0 Å². The number of ether oxygens (including phenoxy) is 2. The van der Waals surface area contributed by atoms with Crippen LogP contribution in [0.4, 0.5) is 0 Å². The number of nitrogens with two attached hydrogens (primary N) is 1. The standard InChI is InChI=1S/C21H22N2O.C16H16O2.C12H16N2O.CH4/c1-23-14-17(19-9-5-6-10-20(19)23)13-18-15-24-21(22-18)12-11-16-7-3-2-4-8-16;17-16(12-11-14-7-3-1-4-8-14)18-13-15-9-5-2-6-10-15;1-14-11(7-10(13)8-15)6-9-4-2-3-5-12(9)14;/h2-10,14,18H,11-13,15H2,1H3;1-10H,11-13H2;2-6,10,15H,7-8,13H2,1H3;1H4/t18-;;10-;/m0.0./s1. The summed E-state index contributed by atoms with van der Waals surface area (Å²) >= 11 is 0. The number of aliphatic imine (C=N–C) groups is 1. The number of aryl methyl sites for hydroxylation is 4. The number of hydrogen-bond donors (Lipinski definition) is 2. The van der Waals surface area contributed by atoms with E-state index in [2.05, 4.69) is 89.1 Å². The summed E-state index contributed by atoms with van der Waals surface area (Å²) in [6, 6.07) is 49.2. The minimum Gasteiger partial charge on any atom is -0.479 e. The van der Waals surface area contributed by atoms with E-state index in [1.807, 2.05) is 85.9 Å². The lowest BCUT2D eigenvalue weighted by Crippen LogP contribution is -2.27. The molecule has 5 aromatic carbocycles. The van der Waals surface area contributed by atoms with Gasteiger partial charge in [-0.3, -0.25) is 4.79 Å². The topological polar surface area (TPSA) is 104 Å². The Balaban J connectivity index is 0.000000170. The number of carbonyl (C=O) groups excluding carboxylic acids is 1. The number of aliphatic hydroxyl groups excluding tert-OH is 1. The van der Waals surface area contributed by atoms with Gasteiger partial charge in [0.05, 0.1) is 12.6 Å². The van der Waals surface area contributed by atoms with Crippen LogP contribution < -0.4 is 5.73 Å². The van der Waals surface area contributed by atoms with E-state index in [1.165, 1.54) is 32.9 Å². The van der Waals surface area contributed by atoms with Gasteiger partial charge in [0.25, 0.3) is 0 Å². The molecule has 0 fully saturated rings. The van der Waals surface area contributed by atoms with Crippen LogP contribution in [0, 0.1) is 0 Å². The van der Waals surface area contributed by atoms with Gasteiger partial charge in [-0.15, -0.1) is 0 Å². The van der Waals surface area contributed by atoms with Crippen molar-refractivity contribution in [2.24, 2.45) is 24.8 Å². The Morgan fingerprint density at radius 2 is 1.38 bits per heavy atom. The third-order valence-corrected chi connectivity index (χ3v) is 10.1. The first-order chi connectivity index (χ1) is 27.9. The largest absolute Gasteiger partial charge is 0.479 e. The fraction of sp³-hybridized carbons (Fsp3) is 0.280. The molecule has 58 heavy (non-hydrogen) atoms. The summed E-state index contributed by atoms with van der Waals surface area (Å²) in [4.78, 5) is 16.4. The number of esters is 1. The maximum Gasteiger partial charge on any atom is 0.306 e. The number of para-hydroxylation sites is 2. The zero-order chi connectivity index (χ0) is 39.8. The molecule has 1 aliphatic heterocycles. The smallest absolute Gasteiger partial charge is 0.306 e. The molecule has 0 aliphatic carbocycles. The number of fused-ring (bicyclic) bond motifs is 2. The van der Waals surface area contributed by atoms with E-state index in [9.17, 15) is 4.79 Å². The average molecular weight is 779 g/mol. The lowest BCUT2D eigenvalue weighted by Gasteiger charge is -2.08. The van der Waals surface area contributed by atoms with E-state index >= 15 is 0 Å². The van der Waals surface area contributed by atoms with Crippen LogP contribution in [0.2, 0.25) is 0 Å². The molecule has 0 saturated heterocycles. The third-order valence-electron chi connectivity index (χ3n) is 10.1. The van der Waals surface area contributed by atoms with E-state index in [0.29, 0.717) is 26.1 Å². The molecule has 0 unspecified atom stereocenters. The number of nitrogens with zero attached hydrogens (tertiary/aromatic N) is 3. The second-order valence-electron chi connectivity index (χ2n) is 14.5. The van der Waals surface area contributed by atoms with Gasteiger partial charge < -0.3 is 29.4 Å². The van der Waals surface area contributed by atoms with Gasteiger partial charge in [0.1, 0.15) is 13.2 Å². The highest BCUT2D eigenvalue weighted by atomic mass is 16.5. The summed E-state index contributed by atoms with van der Waals surface area (Å²) in [5.41, 5.74) is 14.3. The summed E-state index contributed by atoms with van der Waals surface area (Å²) in [5.74, 6) is 0.756. The Morgan fingerprint density at radius 1 is 0.793 bits per heavy atom. The molecule has 1 aliphatic rings. The molecule has 0 bridgehead atoms. The highest BCUT2D eigenvalue weighted by molar-refractivity contribution is 5.84. The minimum atomic E-state index is -0.173. The summed E-state index contributed by atoms with van der Waals surface area (Å²) in [7, 11) is 4.13. The van der Waals surface area contributed by atoms with Gasteiger partial charge in [-0.05, 0) is 58.7 Å². The Bertz CT molecular complexity index is 2270. The molecule has 3 N–H and O–H groups in total. The van der Waals surface area contributed by atoms with Crippen molar-refractivity contribution >= 4 is 33.7 Å². The SMILES string of the molecule is C.Cn1c(C[C@H](N)CO)cc2ccccc21.Cn1cc(C[C@H]2COC(CCc3ccccc3)=N2)c2ccccc21.O=C(CCc1ccccc1)OCc1ccccc1. The Hall–Kier alpha value is -5.96. The molecule has 0 radical (unpaired) electrons. The molecular formula is C50H58N4O4. The number of carbonyl (C=O) groups is 1. The van der Waals surface area contributed by atoms with Crippen molar-refractivity contribution in [3.63, 3.8) is 0 Å². The summed E-state index contributed by atoms with van der Waals surface area (Å²) < 4.78 is 15.4. The lowest BCUT2D eigenvalue weighted by atomic mass is 10.1. The molecule has 8 rings (SSSR count). The first-order valence-corrected chi connectivity index (χ1v) is 19.8. The highest BCUT2D eigenvalue weighted by Crippen LogP contribution is 2.24. The van der Waals surface area contributed by atoms with Gasteiger partial charge >= 0.3 is 5.97 Å². The maximum absolute atomic E-state index is 11.6. The van der Waals surface area contributed by atoms with E-state index in [-0.39, 0.29) is 32.1 Å². The van der Waals surface area contributed by atoms with Gasteiger partial charge in [0, 0.05) is 74.1 Å². The van der Waals surface area contributed by atoms with Gasteiger partial charge in [0.15, 0.2) is 5.90 Å². The molecule has 8 heteroatoms. The number of rotatable bonds is 13. The van der Waals surface area contributed by atoms with Gasteiger partial charge in [-0.25, -0.2) is 4.99 Å². The quantitative estimate of drug-likeness (QED) is 0.114. The zero-order valence-corrected chi connectivity index (χ0v) is 33.0. The van der Waals surface area contributed by atoms with Crippen molar-refractivity contribution in [1.82, 2.24) is 9.13 Å². The number of aliphatic hydroxyl groups is 1. The zero-order valence-electron chi connectivity index (χ0n) is 33.0. The predicted octanol–water partition coefficient (Wildman–Crippen LogP) is 9.19. The van der Waals surface area contributed by atoms with Crippen LogP contribution in [0.25, 0.3) is 21.8 Å². The van der Waals surface area contributed by atoms with Crippen LogP contribution in [0.1, 0.15) is 48.2 Å². The van der Waals surface area contributed by atoms with Crippen LogP contribution in [0.3, 0.4) is 0 Å². The molecule has 2 atom stereocenters. The molecule has 2 aromatic heterocycles. The molecule has 0 spiro atoms. The molecule has 3 heterocycles. The average Bonchev–Trinajstić information content (AvgIpc) is 3.94. The highest BCUT2D eigenvalue weighted by Gasteiger charge is 2.21. The summed E-state index contributed by atoms with van der Waals surface area (Å²) in [6.45, 7) is 1.09. The Labute approximate surface area is 343 Å². The molecule has 0 saturated carbocycles. The summed E-state index contributed by atoms with van der Waals surface area (Å²) in [6.07, 6.45) is 6.90. The van der Waals surface area contributed by atoms with Crippen molar-refractivity contribution in [3.05, 3.63) is 180 Å². The number of aromatic nitrogens is 2. The second-order valence-corrected chi connectivity index (χ2v) is 14.5. The lowest BCUT2D eigenvalue weighted by molar-refractivity contribution is -0.144. The third kappa shape index (κ3) is 12.5. The van der Waals surface area contributed by atoms with Gasteiger partial charge in [-0.1, -0.05) is 135 Å². The number of benzene rings is 5. The van der Waals surface area contributed by atoms with Crippen molar-refractivity contribution < 1.29 is 19.4 Å². The number of hydrogen-bond acceptors (Lipinski definition) is 6. The predicted molar refractivity (Wildman–Crippen MR) is 238 cm³/mol. The van der Waals surface area contributed by atoms with Crippen LogP contribution in [-0.2, 0) is 60.7 Å². The summed E-state index contributed by atoms with van der Waals surface area (Å²) in [5, 5.41) is 11.5. The van der Waals surface area contributed by atoms with E-state index in [4.69, 9.17) is 25.3 Å². The molecular weight excluding hydrogens is 721 g/mol. The first-order valence-electron chi connectivity index (χ1n) is 19.8. The van der Waals surface area contributed by atoms with Crippen molar-refractivity contribution in [1.29, 1.82) is 0 Å². The van der Waals surface area contributed by atoms with Crippen molar-refractivity contribution in [2.75, 3.05) is 13.2 Å². The fourth-order valence-electron chi connectivity index (χ4n) is 7.03. The van der Waals surface area contributed by atoms with Crippen LogP contribution in [0.5, 0.6) is 0 Å².